The average molecular weight is 1270 g/mol. The van der Waals surface area contributed by atoms with Crippen molar-refractivity contribution in [1.29, 1.82) is 0 Å². The summed E-state index contributed by atoms with van der Waals surface area (Å²) in [4.78, 5) is 107. The van der Waals surface area contributed by atoms with E-state index in [0.717, 1.165) is 53.4 Å². The maximum Gasteiger partial charge on any atom is 0.325 e. The van der Waals surface area contributed by atoms with E-state index in [1.54, 1.807) is 0 Å². The molecule has 0 aromatic heterocycles. The molecule has 88 heavy (non-hydrogen) atoms. The average Bonchev–Trinajstić information content (AvgIpc) is 1.38. The Morgan fingerprint density at radius 1 is 0.420 bits per heavy atom. The SMILES string of the molecule is CCCOC(=O)CNC(=O)[C@H](CSSC[C@H](NC(=O)CC[C@H](N)C(=O)OCCC)C(=O)CCC(=O)OCC[P+](c1ccccc1)(c1ccccc1)c1ccccc1)NC(=O)CC[C@H](N)C(=O)OCC[P+](c1ccccc1)(c1ccccc1)c1ccccc1. The van der Waals surface area contributed by atoms with Gasteiger partial charge in [-0.3, -0.25) is 38.4 Å². The fraction of sp³-hybridized carbons (Fsp3) is 0.343. The van der Waals surface area contributed by atoms with Gasteiger partial charge in [0.2, 0.25) is 17.7 Å². The van der Waals surface area contributed by atoms with Gasteiger partial charge in [0.1, 0.15) is 96.6 Å². The summed E-state index contributed by atoms with van der Waals surface area (Å²) in [6, 6.07) is 56.3. The summed E-state index contributed by atoms with van der Waals surface area (Å²) in [6.07, 6.45) is 0.947. The van der Waals surface area contributed by atoms with E-state index in [4.69, 9.17) is 30.4 Å². The Kier molecular flexibility index (Phi) is 29.8. The summed E-state index contributed by atoms with van der Waals surface area (Å²) in [5, 5.41) is 14.7. The summed E-state index contributed by atoms with van der Waals surface area (Å²) < 4.78 is 22.0. The van der Waals surface area contributed by atoms with Crippen molar-refractivity contribution in [2.24, 2.45) is 11.5 Å². The highest BCUT2D eigenvalue weighted by Crippen LogP contribution is 2.56. The summed E-state index contributed by atoms with van der Waals surface area (Å²) >= 11 is 0. The van der Waals surface area contributed by atoms with Gasteiger partial charge in [0.25, 0.3) is 0 Å². The zero-order valence-electron chi connectivity index (χ0n) is 49.9. The van der Waals surface area contributed by atoms with Crippen LogP contribution in [0.25, 0.3) is 0 Å². The standard InChI is InChI=1S/C67H79N5O12P2S2/c1-3-41-81-64(77)47-70-65(78)59(72-62(75)39-36-57(69)67(80)84-44-46-86(53-29-17-8-18-30-53,54-31-19-9-20-32-54)55-33-21-10-22-34-55)49-88-87-48-58(71-61(74)38-35-56(68)66(79)83-42-4-2)60(73)37-40-63(76)82-43-45-85(50-23-11-5-12-24-50,51-25-13-6-14-26-51)52-27-15-7-16-28-52/h5-34,56-59H,3-4,35-49,68-69H2,1-2H3,(H-2,70,71,72,74,75,78)/p+2/t56-,57-,58-,59-/m0/s1. The van der Waals surface area contributed by atoms with Gasteiger partial charge in [-0.25, -0.2) is 0 Å². The molecule has 21 heteroatoms. The van der Waals surface area contributed by atoms with Crippen molar-refractivity contribution in [2.45, 2.75) is 89.4 Å². The van der Waals surface area contributed by atoms with Gasteiger partial charge in [-0.15, -0.1) is 0 Å². The van der Waals surface area contributed by atoms with Crippen LogP contribution in [-0.2, 0) is 57.3 Å². The Hall–Kier alpha value is -7.24. The van der Waals surface area contributed by atoms with Crippen molar-refractivity contribution in [3.05, 3.63) is 182 Å². The first kappa shape index (κ1) is 69.9. The first-order valence-corrected chi connectivity index (χ1v) is 36.0. The largest absolute Gasteiger partial charge is 0.465 e. The smallest absolute Gasteiger partial charge is 0.325 e. The van der Waals surface area contributed by atoms with Gasteiger partial charge < -0.3 is 46.4 Å². The summed E-state index contributed by atoms with van der Waals surface area (Å²) in [5.41, 5.74) is 12.4. The van der Waals surface area contributed by atoms with Crippen molar-refractivity contribution in [3.63, 3.8) is 0 Å². The highest BCUT2D eigenvalue weighted by atomic mass is 33.1. The fourth-order valence-electron chi connectivity index (χ4n) is 9.75. The molecule has 0 heterocycles. The van der Waals surface area contributed by atoms with Crippen molar-refractivity contribution in [2.75, 3.05) is 56.8 Å². The molecular weight excluding hydrogens is 1190 g/mol. The van der Waals surface area contributed by atoms with Crippen LogP contribution in [0.2, 0.25) is 0 Å². The van der Waals surface area contributed by atoms with Crippen LogP contribution >= 0.6 is 36.1 Å². The number of ketones is 1. The minimum Gasteiger partial charge on any atom is -0.465 e. The lowest BCUT2D eigenvalue weighted by Crippen LogP contribution is -2.49. The van der Waals surface area contributed by atoms with Gasteiger partial charge in [0.05, 0.1) is 25.7 Å². The zero-order valence-corrected chi connectivity index (χ0v) is 53.3. The molecule has 0 saturated carbocycles. The Bertz CT molecular complexity index is 2950. The van der Waals surface area contributed by atoms with Crippen molar-refractivity contribution in [3.8, 4) is 0 Å². The molecule has 7 N–H and O–H groups in total. The molecule has 4 atom stereocenters. The number of hydrogen-bond acceptors (Lipinski definition) is 16. The van der Waals surface area contributed by atoms with Gasteiger partial charge in [-0.1, -0.05) is 145 Å². The van der Waals surface area contributed by atoms with Crippen LogP contribution in [0.4, 0.5) is 0 Å². The molecule has 0 bridgehead atoms. The molecule has 6 aromatic carbocycles. The summed E-state index contributed by atoms with van der Waals surface area (Å²) in [5.74, 6) is -5.10. The molecule has 0 aliphatic heterocycles. The first-order valence-electron chi connectivity index (χ1n) is 29.6. The lowest BCUT2D eigenvalue weighted by Gasteiger charge is -2.27. The molecule has 0 aliphatic rings. The Morgan fingerprint density at radius 2 is 0.750 bits per heavy atom. The fourth-order valence-corrected chi connectivity index (χ4v) is 20.3. The van der Waals surface area contributed by atoms with Crippen LogP contribution < -0.4 is 59.2 Å². The van der Waals surface area contributed by atoms with Crippen LogP contribution in [0.15, 0.2) is 182 Å². The molecular formula is C67H81N5O12P2S2+2. The predicted molar refractivity (Wildman–Crippen MR) is 355 cm³/mol. The highest BCUT2D eigenvalue weighted by molar-refractivity contribution is 8.76. The molecule has 3 amide bonds. The number of esters is 4. The molecule has 0 unspecified atom stereocenters. The number of hydrogen-bond donors (Lipinski definition) is 5. The third-order valence-corrected chi connectivity index (χ3v) is 25.5. The number of Topliss-reactive ketones (excluding diaryl/α,β-unsaturated/α-hetero) is 1. The summed E-state index contributed by atoms with van der Waals surface area (Å²) in [7, 11) is -2.42. The Labute approximate surface area is 525 Å². The number of carbonyl (C=O) groups is 8. The second-order valence-electron chi connectivity index (χ2n) is 20.6. The molecule has 6 aromatic rings. The molecule has 0 spiro atoms. The number of nitrogens with two attached hydrogens (primary N) is 2. The molecule has 466 valence electrons. The molecule has 17 nitrogen and oxygen atoms in total. The highest BCUT2D eigenvalue weighted by Gasteiger charge is 2.47. The minimum absolute atomic E-state index is 0.0408. The van der Waals surface area contributed by atoms with Crippen molar-refractivity contribution >= 4 is 115 Å². The third kappa shape index (κ3) is 21.2. The van der Waals surface area contributed by atoms with E-state index in [1.807, 2.05) is 123 Å². The molecule has 0 saturated heterocycles. The van der Waals surface area contributed by atoms with E-state index < -0.39 is 92.6 Å². The first-order chi connectivity index (χ1) is 42.7. The molecule has 0 fully saturated rings. The van der Waals surface area contributed by atoms with E-state index in [9.17, 15) is 38.4 Å². The maximum absolute atomic E-state index is 14.1. The number of amides is 3. The lowest BCUT2D eigenvalue weighted by molar-refractivity contribution is -0.146. The number of benzene rings is 6. The number of carbonyl (C=O) groups excluding carboxylic acids is 8. The van der Waals surface area contributed by atoms with Gasteiger partial charge in [-0.05, 0) is 98.5 Å². The number of ether oxygens (including phenoxy) is 4. The Balaban J connectivity index is 1.08. The summed E-state index contributed by atoms with van der Waals surface area (Å²) in [6.45, 7) is 3.64. The van der Waals surface area contributed by atoms with Crippen LogP contribution in [-0.4, -0.2) is 128 Å². The number of rotatable bonds is 38. The van der Waals surface area contributed by atoms with E-state index >= 15 is 0 Å². The van der Waals surface area contributed by atoms with E-state index in [-0.39, 0.29) is 76.5 Å². The minimum atomic E-state index is -2.32. The lowest BCUT2D eigenvalue weighted by atomic mass is 10.1. The number of nitrogens with one attached hydrogen (secondary N) is 3. The molecule has 6 rings (SSSR count). The van der Waals surface area contributed by atoms with E-state index in [0.29, 0.717) is 25.2 Å². The van der Waals surface area contributed by atoms with E-state index in [2.05, 4.69) is 88.7 Å². The zero-order chi connectivity index (χ0) is 63.0. The van der Waals surface area contributed by atoms with Crippen LogP contribution in [0.3, 0.4) is 0 Å². The van der Waals surface area contributed by atoms with Gasteiger partial charge >= 0.3 is 23.9 Å². The second-order valence-corrected chi connectivity index (χ2v) is 30.4. The third-order valence-electron chi connectivity index (χ3n) is 14.3. The van der Waals surface area contributed by atoms with E-state index in [1.165, 1.54) is 0 Å². The molecule has 0 aliphatic carbocycles. The predicted octanol–water partition coefficient (Wildman–Crippen LogP) is 6.00. The van der Waals surface area contributed by atoms with Gasteiger partial charge in [-0.2, -0.15) is 0 Å². The van der Waals surface area contributed by atoms with Crippen LogP contribution in [0.1, 0.15) is 65.2 Å². The van der Waals surface area contributed by atoms with Crippen LogP contribution in [0.5, 0.6) is 0 Å². The quantitative estimate of drug-likeness (QED) is 0.00979. The maximum atomic E-state index is 14.1. The molecule has 0 radical (unpaired) electrons. The second kappa shape index (κ2) is 37.6. The Morgan fingerprint density at radius 3 is 1.14 bits per heavy atom. The van der Waals surface area contributed by atoms with Crippen LogP contribution in [0, 0.1) is 0 Å². The topological polar surface area (TPSA) is 262 Å². The van der Waals surface area contributed by atoms with Crippen molar-refractivity contribution < 1.29 is 57.3 Å². The normalized spacial score (nSPS) is 12.7. The van der Waals surface area contributed by atoms with Crippen molar-refractivity contribution in [1.82, 2.24) is 16.0 Å². The van der Waals surface area contributed by atoms with Gasteiger partial charge in [0.15, 0.2) is 5.78 Å². The monoisotopic (exact) mass is 1270 g/mol. The van der Waals surface area contributed by atoms with Gasteiger partial charge in [0, 0.05) is 30.8 Å².